The summed E-state index contributed by atoms with van der Waals surface area (Å²) in [5.41, 5.74) is 4.86. The molecule has 1 aromatic carbocycles. The van der Waals surface area contributed by atoms with E-state index in [2.05, 4.69) is 15.9 Å². The van der Waals surface area contributed by atoms with Gasteiger partial charge in [-0.1, -0.05) is 15.9 Å². The summed E-state index contributed by atoms with van der Waals surface area (Å²) in [6.45, 7) is 0.868. The lowest BCUT2D eigenvalue weighted by atomic mass is 10.0. The third kappa shape index (κ3) is 3.58. The van der Waals surface area contributed by atoms with Crippen LogP contribution in [-0.4, -0.2) is 29.9 Å². The van der Waals surface area contributed by atoms with Crippen LogP contribution in [0.1, 0.15) is 35.2 Å². The van der Waals surface area contributed by atoms with Crippen LogP contribution in [0, 0.1) is 0 Å². The third-order valence-corrected chi connectivity index (χ3v) is 4.37. The second kappa shape index (κ2) is 6.36. The van der Waals surface area contributed by atoms with Gasteiger partial charge in [0.05, 0.1) is 5.56 Å². The van der Waals surface area contributed by atoms with E-state index in [0.717, 1.165) is 25.3 Å². The maximum atomic E-state index is 12.9. The summed E-state index contributed by atoms with van der Waals surface area (Å²) < 4.78 is 38.6. The first-order valence-corrected chi connectivity index (χ1v) is 7.51. The summed E-state index contributed by atoms with van der Waals surface area (Å²) >= 11 is 2.87. The Morgan fingerprint density at radius 1 is 1.38 bits per heavy atom. The Labute approximate surface area is 129 Å². The molecule has 1 fully saturated rings. The van der Waals surface area contributed by atoms with E-state index in [1.807, 2.05) is 0 Å². The normalized spacial score (nSPS) is 19.7. The summed E-state index contributed by atoms with van der Waals surface area (Å²) in [4.78, 5) is 14.0. The fourth-order valence-electron chi connectivity index (χ4n) is 2.55. The summed E-state index contributed by atoms with van der Waals surface area (Å²) in [6, 6.07) is 3.47. The number of hydrogen-bond acceptors (Lipinski definition) is 2. The van der Waals surface area contributed by atoms with Crippen LogP contribution in [0.25, 0.3) is 0 Å². The standard InChI is InChI=1S/C14H16BrF3N2O/c15-12-5-4-9(7-11(12)14(16,17)18)13(21)20-6-2-1-3-10(20)8-19/h4-5,7,10H,1-3,6,8,19H2. The molecule has 3 nitrogen and oxygen atoms in total. The Morgan fingerprint density at radius 2 is 2.10 bits per heavy atom. The monoisotopic (exact) mass is 364 g/mol. The van der Waals surface area contributed by atoms with Gasteiger partial charge in [0.1, 0.15) is 0 Å². The van der Waals surface area contributed by atoms with Gasteiger partial charge < -0.3 is 10.6 Å². The highest BCUT2D eigenvalue weighted by Crippen LogP contribution is 2.35. The Bertz CT molecular complexity index is 533. The number of alkyl halides is 3. The predicted octanol–water partition coefficient (Wildman–Crippen LogP) is 3.42. The summed E-state index contributed by atoms with van der Waals surface area (Å²) in [7, 11) is 0. The van der Waals surface area contributed by atoms with Crippen LogP contribution < -0.4 is 5.73 Å². The van der Waals surface area contributed by atoms with Crippen molar-refractivity contribution < 1.29 is 18.0 Å². The largest absolute Gasteiger partial charge is 0.417 e. The van der Waals surface area contributed by atoms with Gasteiger partial charge in [-0.05, 0) is 37.5 Å². The average molecular weight is 365 g/mol. The Hall–Kier alpha value is -1.08. The van der Waals surface area contributed by atoms with Crippen LogP contribution in [0.2, 0.25) is 0 Å². The number of carbonyl (C=O) groups excluding carboxylic acids is 1. The number of amides is 1. The van der Waals surface area contributed by atoms with Crippen molar-refractivity contribution in [2.24, 2.45) is 5.73 Å². The molecule has 0 spiro atoms. The first kappa shape index (κ1) is 16.3. The third-order valence-electron chi connectivity index (χ3n) is 3.68. The van der Waals surface area contributed by atoms with Crippen molar-refractivity contribution in [1.29, 1.82) is 0 Å². The van der Waals surface area contributed by atoms with Crippen molar-refractivity contribution in [3.63, 3.8) is 0 Å². The van der Waals surface area contributed by atoms with Crippen LogP contribution in [-0.2, 0) is 6.18 Å². The van der Waals surface area contributed by atoms with E-state index in [9.17, 15) is 18.0 Å². The molecule has 1 aliphatic rings. The van der Waals surface area contributed by atoms with Gasteiger partial charge in [-0.3, -0.25) is 4.79 Å². The number of benzene rings is 1. The zero-order chi connectivity index (χ0) is 15.6. The molecule has 0 aromatic heterocycles. The van der Waals surface area contributed by atoms with Crippen LogP contribution in [0.5, 0.6) is 0 Å². The van der Waals surface area contributed by atoms with Gasteiger partial charge >= 0.3 is 6.18 Å². The highest BCUT2D eigenvalue weighted by molar-refractivity contribution is 9.10. The number of nitrogens with zero attached hydrogens (tertiary/aromatic N) is 1. The van der Waals surface area contributed by atoms with Crippen LogP contribution in [0.15, 0.2) is 22.7 Å². The minimum Gasteiger partial charge on any atom is -0.334 e. The van der Waals surface area contributed by atoms with E-state index >= 15 is 0 Å². The van der Waals surface area contributed by atoms with Gasteiger partial charge in [0.2, 0.25) is 0 Å². The first-order valence-electron chi connectivity index (χ1n) is 6.72. The lowest BCUT2D eigenvalue weighted by Crippen LogP contribution is -2.47. The molecule has 116 valence electrons. The lowest BCUT2D eigenvalue weighted by molar-refractivity contribution is -0.138. The van der Waals surface area contributed by atoms with Crippen molar-refractivity contribution in [3.05, 3.63) is 33.8 Å². The number of nitrogens with two attached hydrogens (primary N) is 1. The van der Waals surface area contributed by atoms with Crippen molar-refractivity contribution in [3.8, 4) is 0 Å². The Balaban J connectivity index is 2.31. The SMILES string of the molecule is NCC1CCCCN1C(=O)c1ccc(Br)c(C(F)(F)F)c1. The smallest absolute Gasteiger partial charge is 0.334 e. The van der Waals surface area contributed by atoms with Gasteiger partial charge in [-0.15, -0.1) is 0 Å². The number of hydrogen-bond donors (Lipinski definition) is 1. The molecule has 7 heteroatoms. The maximum absolute atomic E-state index is 12.9. The number of halogens is 4. The Morgan fingerprint density at radius 3 is 2.71 bits per heavy atom. The number of carbonyl (C=O) groups is 1. The molecule has 2 N–H and O–H groups in total. The fraction of sp³-hybridized carbons (Fsp3) is 0.500. The molecule has 1 unspecified atom stereocenters. The molecule has 21 heavy (non-hydrogen) atoms. The molecule has 0 bridgehead atoms. The highest BCUT2D eigenvalue weighted by Gasteiger charge is 2.34. The lowest BCUT2D eigenvalue weighted by Gasteiger charge is -2.35. The predicted molar refractivity (Wildman–Crippen MR) is 76.9 cm³/mol. The number of likely N-dealkylation sites (tertiary alicyclic amines) is 1. The quantitative estimate of drug-likeness (QED) is 0.873. The molecule has 2 rings (SSSR count). The molecule has 0 aliphatic carbocycles. The maximum Gasteiger partial charge on any atom is 0.417 e. The van der Waals surface area contributed by atoms with E-state index in [4.69, 9.17) is 5.73 Å². The van der Waals surface area contributed by atoms with Crippen LogP contribution in [0.4, 0.5) is 13.2 Å². The zero-order valence-corrected chi connectivity index (χ0v) is 12.9. The second-order valence-corrected chi connectivity index (χ2v) is 5.93. The van der Waals surface area contributed by atoms with E-state index in [0.29, 0.717) is 13.1 Å². The molecule has 1 aliphatic heterocycles. The number of piperidine rings is 1. The molecular formula is C14H16BrF3N2O. The topological polar surface area (TPSA) is 46.3 Å². The van der Waals surface area contributed by atoms with E-state index in [-0.39, 0.29) is 22.0 Å². The minimum atomic E-state index is -4.50. The molecule has 1 amide bonds. The minimum absolute atomic E-state index is 0.0471. The van der Waals surface area contributed by atoms with Crippen LogP contribution in [0.3, 0.4) is 0 Å². The van der Waals surface area contributed by atoms with Crippen molar-refractivity contribution in [1.82, 2.24) is 4.90 Å². The van der Waals surface area contributed by atoms with E-state index < -0.39 is 11.7 Å². The van der Waals surface area contributed by atoms with Crippen molar-refractivity contribution in [2.45, 2.75) is 31.5 Å². The van der Waals surface area contributed by atoms with Crippen molar-refractivity contribution >= 4 is 21.8 Å². The molecule has 0 radical (unpaired) electrons. The summed E-state index contributed by atoms with van der Waals surface area (Å²) in [6.07, 6.45) is -1.86. The van der Waals surface area contributed by atoms with Gasteiger partial charge in [-0.2, -0.15) is 13.2 Å². The molecule has 1 saturated heterocycles. The zero-order valence-electron chi connectivity index (χ0n) is 11.3. The molecule has 1 aromatic rings. The summed E-state index contributed by atoms with van der Waals surface area (Å²) in [5.74, 6) is -0.386. The van der Waals surface area contributed by atoms with E-state index in [1.165, 1.54) is 12.1 Å². The first-order chi connectivity index (χ1) is 9.84. The molecule has 0 saturated carbocycles. The Kier molecular flexibility index (Phi) is 4.93. The summed E-state index contributed by atoms with van der Waals surface area (Å²) in [5, 5.41) is 0. The molecule has 1 heterocycles. The second-order valence-electron chi connectivity index (χ2n) is 5.08. The van der Waals surface area contributed by atoms with Gasteiger partial charge in [0, 0.05) is 29.2 Å². The van der Waals surface area contributed by atoms with Crippen LogP contribution >= 0.6 is 15.9 Å². The van der Waals surface area contributed by atoms with Crippen molar-refractivity contribution in [2.75, 3.05) is 13.1 Å². The molecule has 1 atom stereocenters. The average Bonchev–Trinajstić information content (AvgIpc) is 2.45. The number of rotatable bonds is 2. The fourth-order valence-corrected chi connectivity index (χ4v) is 3.03. The van der Waals surface area contributed by atoms with Gasteiger partial charge in [-0.25, -0.2) is 0 Å². The molecular weight excluding hydrogens is 349 g/mol. The van der Waals surface area contributed by atoms with Gasteiger partial charge in [0.15, 0.2) is 0 Å². The highest BCUT2D eigenvalue weighted by atomic mass is 79.9. The van der Waals surface area contributed by atoms with Gasteiger partial charge in [0.25, 0.3) is 5.91 Å². The van der Waals surface area contributed by atoms with E-state index in [1.54, 1.807) is 4.90 Å².